The van der Waals surface area contributed by atoms with E-state index in [1.807, 2.05) is 24.3 Å². The minimum atomic E-state index is -4.55. The van der Waals surface area contributed by atoms with Gasteiger partial charge in [0.2, 0.25) is 5.95 Å². The summed E-state index contributed by atoms with van der Waals surface area (Å²) in [5, 5.41) is 2.79. The van der Waals surface area contributed by atoms with Crippen molar-refractivity contribution in [2.24, 2.45) is 0 Å². The van der Waals surface area contributed by atoms with Gasteiger partial charge in [0.25, 0.3) is 0 Å². The van der Waals surface area contributed by atoms with E-state index in [0.717, 1.165) is 16.1 Å². The van der Waals surface area contributed by atoms with Crippen molar-refractivity contribution in [1.29, 1.82) is 0 Å². The van der Waals surface area contributed by atoms with Crippen molar-refractivity contribution in [3.8, 4) is 0 Å². The van der Waals surface area contributed by atoms with Crippen molar-refractivity contribution in [1.82, 2.24) is 9.97 Å². The van der Waals surface area contributed by atoms with Crippen LogP contribution in [0.2, 0.25) is 0 Å². The molecule has 8 heteroatoms. The molecule has 1 aromatic heterocycles. The van der Waals surface area contributed by atoms with Crippen LogP contribution in [0.3, 0.4) is 0 Å². The SMILES string of the molecule is Nc1nc(NCc2cccc(Br)c2)cc(C(F)(F)F)n1. The maximum absolute atomic E-state index is 12.6. The summed E-state index contributed by atoms with van der Waals surface area (Å²) in [7, 11) is 0. The number of rotatable bonds is 3. The topological polar surface area (TPSA) is 63.8 Å². The van der Waals surface area contributed by atoms with Crippen LogP contribution in [-0.4, -0.2) is 9.97 Å². The van der Waals surface area contributed by atoms with Crippen molar-refractivity contribution in [2.75, 3.05) is 11.1 Å². The third kappa shape index (κ3) is 3.83. The summed E-state index contributed by atoms with van der Waals surface area (Å²) >= 11 is 3.32. The molecule has 20 heavy (non-hydrogen) atoms. The molecule has 0 amide bonds. The number of halogens is 4. The fourth-order valence-corrected chi connectivity index (χ4v) is 1.99. The van der Waals surface area contributed by atoms with Gasteiger partial charge in [-0.2, -0.15) is 18.2 Å². The summed E-state index contributed by atoms with van der Waals surface area (Å²) < 4.78 is 38.6. The normalized spacial score (nSPS) is 11.4. The number of benzene rings is 1. The first-order valence-corrected chi connectivity index (χ1v) is 6.34. The van der Waals surface area contributed by atoms with Gasteiger partial charge in [-0.25, -0.2) is 4.98 Å². The summed E-state index contributed by atoms with van der Waals surface area (Å²) in [5.41, 5.74) is 5.11. The van der Waals surface area contributed by atoms with Gasteiger partial charge in [-0.05, 0) is 17.7 Å². The lowest BCUT2D eigenvalue weighted by Gasteiger charge is -2.10. The highest BCUT2D eigenvalue weighted by atomic mass is 79.9. The van der Waals surface area contributed by atoms with Gasteiger partial charge in [0.1, 0.15) is 5.82 Å². The molecule has 2 aromatic rings. The number of nitrogens with zero attached hydrogens (tertiary/aromatic N) is 2. The summed E-state index contributed by atoms with van der Waals surface area (Å²) in [6.07, 6.45) is -4.55. The van der Waals surface area contributed by atoms with Gasteiger partial charge in [0.15, 0.2) is 5.69 Å². The Labute approximate surface area is 121 Å². The lowest BCUT2D eigenvalue weighted by atomic mass is 10.2. The van der Waals surface area contributed by atoms with E-state index < -0.39 is 17.8 Å². The highest BCUT2D eigenvalue weighted by molar-refractivity contribution is 9.10. The Morgan fingerprint density at radius 3 is 2.60 bits per heavy atom. The number of alkyl halides is 3. The van der Waals surface area contributed by atoms with Gasteiger partial charge in [0, 0.05) is 17.1 Å². The molecule has 3 N–H and O–H groups in total. The summed E-state index contributed by atoms with van der Waals surface area (Å²) in [5.74, 6) is -0.388. The van der Waals surface area contributed by atoms with E-state index in [4.69, 9.17) is 5.73 Å². The van der Waals surface area contributed by atoms with Crippen molar-refractivity contribution in [3.63, 3.8) is 0 Å². The van der Waals surface area contributed by atoms with Crippen LogP contribution >= 0.6 is 15.9 Å². The Balaban J connectivity index is 2.16. The zero-order valence-corrected chi connectivity index (χ0v) is 11.7. The van der Waals surface area contributed by atoms with Crippen molar-refractivity contribution >= 4 is 27.7 Å². The smallest absolute Gasteiger partial charge is 0.368 e. The fraction of sp³-hybridized carbons (Fsp3) is 0.167. The van der Waals surface area contributed by atoms with E-state index in [1.165, 1.54) is 0 Å². The average Bonchev–Trinajstić information content (AvgIpc) is 2.35. The Bertz CT molecular complexity index is 616. The van der Waals surface area contributed by atoms with Gasteiger partial charge in [0.05, 0.1) is 0 Å². The van der Waals surface area contributed by atoms with Crippen LogP contribution in [0.5, 0.6) is 0 Å². The molecule has 0 atom stereocenters. The van der Waals surface area contributed by atoms with E-state index in [0.29, 0.717) is 6.54 Å². The van der Waals surface area contributed by atoms with E-state index in [2.05, 4.69) is 31.2 Å². The van der Waals surface area contributed by atoms with Crippen molar-refractivity contribution < 1.29 is 13.2 Å². The zero-order chi connectivity index (χ0) is 14.8. The quantitative estimate of drug-likeness (QED) is 0.893. The number of nitrogens with one attached hydrogen (secondary N) is 1. The molecule has 0 spiro atoms. The highest BCUT2D eigenvalue weighted by Gasteiger charge is 2.33. The number of hydrogen-bond donors (Lipinski definition) is 2. The first-order chi connectivity index (χ1) is 9.34. The molecule has 0 unspecified atom stereocenters. The highest BCUT2D eigenvalue weighted by Crippen LogP contribution is 2.29. The van der Waals surface area contributed by atoms with Crippen LogP contribution in [0.25, 0.3) is 0 Å². The summed E-state index contributed by atoms with van der Waals surface area (Å²) in [4.78, 5) is 6.90. The summed E-state index contributed by atoms with van der Waals surface area (Å²) in [6, 6.07) is 8.20. The predicted octanol–water partition coefficient (Wildman–Crippen LogP) is 3.45. The minimum Gasteiger partial charge on any atom is -0.368 e. The Kier molecular flexibility index (Phi) is 4.12. The van der Waals surface area contributed by atoms with Gasteiger partial charge < -0.3 is 11.1 Å². The molecule has 0 radical (unpaired) electrons. The molecule has 0 saturated heterocycles. The number of nitrogens with two attached hydrogens (primary N) is 1. The number of anilines is 2. The fourth-order valence-electron chi connectivity index (χ4n) is 1.54. The van der Waals surface area contributed by atoms with Crippen LogP contribution in [0.4, 0.5) is 24.9 Å². The number of hydrogen-bond acceptors (Lipinski definition) is 4. The summed E-state index contributed by atoms with van der Waals surface area (Å²) in [6.45, 7) is 0.327. The molecule has 0 aliphatic heterocycles. The molecule has 2 rings (SSSR count). The van der Waals surface area contributed by atoms with Crippen LogP contribution < -0.4 is 11.1 Å². The first kappa shape index (κ1) is 14.6. The molecular formula is C12H10BrF3N4. The van der Waals surface area contributed by atoms with E-state index in [1.54, 1.807) is 0 Å². The van der Waals surface area contributed by atoms with E-state index in [9.17, 15) is 13.2 Å². The number of aromatic nitrogens is 2. The molecular weight excluding hydrogens is 337 g/mol. The largest absolute Gasteiger partial charge is 0.433 e. The third-order valence-corrected chi connectivity index (χ3v) is 2.89. The maximum atomic E-state index is 12.6. The molecule has 4 nitrogen and oxygen atoms in total. The predicted molar refractivity (Wildman–Crippen MR) is 72.9 cm³/mol. The van der Waals surface area contributed by atoms with Gasteiger partial charge in [-0.1, -0.05) is 28.1 Å². The zero-order valence-electron chi connectivity index (χ0n) is 10.1. The molecule has 0 aliphatic carbocycles. The minimum absolute atomic E-state index is 0.0322. The monoisotopic (exact) mass is 346 g/mol. The molecule has 0 aliphatic rings. The van der Waals surface area contributed by atoms with E-state index >= 15 is 0 Å². The lowest BCUT2D eigenvalue weighted by Crippen LogP contribution is -2.13. The van der Waals surface area contributed by atoms with Crippen LogP contribution in [0.15, 0.2) is 34.8 Å². The van der Waals surface area contributed by atoms with Gasteiger partial charge in [-0.15, -0.1) is 0 Å². The van der Waals surface area contributed by atoms with Gasteiger partial charge >= 0.3 is 6.18 Å². The Hall–Kier alpha value is -1.83. The van der Waals surface area contributed by atoms with Crippen LogP contribution in [0, 0.1) is 0 Å². The Morgan fingerprint density at radius 2 is 1.95 bits per heavy atom. The average molecular weight is 347 g/mol. The van der Waals surface area contributed by atoms with Crippen LogP contribution in [0.1, 0.15) is 11.3 Å². The van der Waals surface area contributed by atoms with Gasteiger partial charge in [-0.3, -0.25) is 0 Å². The molecule has 0 saturated carbocycles. The Morgan fingerprint density at radius 1 is 1.20 bits per heavy atom. The lowest BCUT2D eigenvalue weighted by molar-refractivity contribution is -0.141. The van der Waals surface area contributed by atoms with E-state index in [-0.39, 0.29) is 5.82 Å². The third-order valence-electron chi connectivity index (χ3n) is 2.40. The second kappa shape index (κ2) is 5.66. The maximum Gasteiger partial charge on any atom is 0.433 e. The van der Waals surface area contributed by atoms with Crippen molar-refractivity contribution in [3.05, 3.63) is 46.1 Å². The molecule has 1 heterocycles. The standard InChI is InChI=1S/C12H10BrF3N4/c13-8-3-1-2-7(4-8)6-18-10-5-9(12(14,15)16)19-11(17)20-10/h1-5H,6H2,(H3,17,18,19,20). The molecule has 1 aromatic carbocycles. The molecule has 106 valence electrons. The first-order valence-electron chi connectivity index (χ1n) is 5.54. The second-order valence-electron chi connectivity index (χ2n) is 3.98. The molecule has 0 bridgehead atoms. The number of nitrogen functional groups attached to an aromatic ring is 1. The second-order valence-corrected chi connectivity index (χ2v) is 4.89. The van der Waals surface area contributed by atoms with Crippen LogP contribution in [-0.2, 0) is 12.7 Å². The molecule has 0 fully saturated rings. The van der Waals surface area contributed by atoms with Crippen molar-refractivity contribution in [2.45, 2.75) is 12.7 Å².